The first-order valence-corrected chi connectivity index (χ1v) is 8.91. The summed E-state index contributed by atoms with van der Waals surface area (Å²) in [4.78, 5) is 38.6. The van der Waals surface area contributed by atoms with Gasteiger partial charge in [0.05, 0.1) is 5.56 Å². The summed E-state index contributed by atoms with van der Waals surface area (Å²) in [5.41, 5.74) is -0.712. The maximum absolute atomic E-state index is 12.0. The van der Waals surface area contributed by atoms with Gasteiger partial charge in [-0.05, 0) is 11.1 Å². The zero-order valence-electron chi connectivity index (χ0n) is 11.6. The Morgan fingerprint density at radius 2 is 2.36 bits per heavy atom. The topological polar surface area (TPSA) is 90.4 Å². The smallest absolute Gasteiger partial charge is 0.330 e. The standard InChI is InChI=1S/C13H14BrIN2O5/c1-7(18)21-9-4-11(22-10(9)5-15)17-6-8(2-3-14)12(19)16-13(17)20/h2-3,6,9-11H,4-5H2,1H3,(H,16,19,20)/b3-2+/t9-,10+,11+/m0/s1. The van der Waals surface area contributed by atoms with Crippen LogP contribution in [-0.2, 0) is 14.3 Å². The molecule has 0 amide bonds. The van der Waals surface area contributed by atoms with Crippen molar-refractivity contribution in [1.29, 1.82) is 0 Å². The Morgan fingerprint density at radius 3 is 2.95 bits per heavy atom. The molecule has 0 bridgehead atoms. The molecular weight excluding hydrogens is 471 g/mol. The molecule has 1 aromatic heterocycles. The lowest BCUT2D eigenvalue weighted by molar-refractivity contribution is -0.148. The zero-order valence-corrected chi connectivity index (χ0v) is 15.4. The van der Waals surface area contributed by atoms with Gasteiger partial charge in [-0.3, -0.25) is 19.1 Å². The Balaban J connectivity index is 2.32. The van der Waals surface area contributed by atoms with Crippen molar-refractivity contribution < 1.29 is 14.3 Å². The third kappa shape index (κ3) is 3.87. The second-order valence-corrected chi connectivity index (χ2v) is 6.12. The zero-order chi connectivity index (χ0) is 16.3. The minimum atomic E-state index is -0.587. The maximum Gasteiger partial charge on any atom is 0.330 e. The molecule has 22 heavy (non-hydrogen) atoms. The van der Waals surface area contributed by atoms with E-state index in [1.807, 2.05) is 0 Å². The number of alkyl halides is 1. The van der Waals surface area contributed by atoms with E-state index in [0.29, 0.717) is 16.4 Å². The number of nitrogens with one attached hydrogen (secondary N) is 1. The summed E-state index contributed by atoms with van der Waals surface area (Å²) in [6, 6.07) is 0. The fourth-order valence-corrected chi connectivity index (χ4v) is 3.31. The van der Waals surface area contributed by atoms with Crippen molar-refractivity contribution in [3.05, 3.63) is 37.6 Å². The number of esters is 1. The number of rotatable bonds is 4. The summed E-state index contributed by atoms with van der Waals surface area (Å²) in [5.74, 6) is -0.388. The van der Waals surface area contributed by atoms with Gasteiger partial charge >= 0.3 is 11.7 Å². The first-order chi connectivity index (χ1) is 10.5. The number of nitrogens with zero attached hydrogens (tertiary/aromatic N) is 1. The monoisotopic (exact) mass is 484 g/mol. The number of aromatic nitrogens is 2. The van der Waals surface area contributed by atoms with Crippen molar-refractivity contribution in [3.8, 4) is 0 Å². The first kappa shape index (κ1) is 17.4. The minimum Gasteiger partial charge on any atom is -0.460 e. The van der Waals surface area contributed by atoms with Gasteiger partial charge in [-0.1, -0.05) is 38.5 Å². The normalized spacial score (nSPS) is 24.8. The molecule has 120 valence electrons. The van der Waals surface area contributed by atoms with Crippen molar-refractivity contribution >= 4 is 50.6 Å². The molecule has 0 aliphatic carbocycles. The van der Waals surface area contributed by atoms with Crippen LogP contribution in [0.2, 0.25) is 0 Å². The van der Waals surface area contributed by atoms with Gasteiger partial charge in [0.2, 0.25) is 0 Å². The number of carbonyl (C=O) groups excluding carboxylic acids is 1. The molecule has 3 atom stereocenters. The van der Waals surface area contributed by atoms with E-state index in [0.717, 1.165) is 0 Å². The highest BCUT2D eigenvalue weighted by Crippen LogP contribution is 2.31. The number of hydrogen-bond donors (Lipinski definition) is 1. The van der Waals surface area contributed by atoms with Gasteiger partial charge in [0, 0.05) is 24.0 Å². The van der Waals surface area contributed by atoms with E-state index in [1.54, 1.807) is 0 Å². The van der Waals surface area contributed by atoms with E-state index in [-0.39, 0.29) is 12.1 Å². The van der Waals surface area contributed by atoms with E-state index in [9.17, 15) is 14.4 Å². The van der Waals surface area contributed by atoms with Gasteiger partial charge < -0.3 is 9.47 Å². The molecule has 0 unspecified atom stereocenters. The summed E-state index contributed by atoms with van der Waals surface area (Å²) < 4.78 is 13.0. The van der Waals surface area contributed by atoms with Gasteiger partial charge in [-0.2, -0.15) is 0 Å². The number of carbonyl (C=O) groups is 1. The highest BCUT2D eigenvalue weighted by Gasteiger charge is 2.38. The molecule has 0 aromatic carbocycles. The summed E-state index contributed by atoms with van der Waals surface area (Å²) in [7, 11) is 0. The van der Waals surface area contributed by atoms with Crippen molar-refractivity contribution in [2.75, 3.05) is 4.43 Å². The molecule has 1 saturated heterocycles. The van der Waals surface area contributed by atoms with E-state index in [1.165, 1.54) is 28.7 Å². The first-order valence-electron chi connectivity index (χ1n) is 6.47. The Morgan fingerprint density at radius 1 is 1.64 bits per heavy atom. The molecule has 1 aromatic rings. The molecule has 0 spiro atoms. The van der Waals surface area contributed by atoms with Crippen molar-refractivity contribution in [1.82, 2.24) is 9.55 Å². The van der Waals surface area contributed by atoms with Crippen molar-refractivity contribution in [2.24, 2.45) is 0 Å². The third-order valence-electron chi connectivity index (χ3n) is 3.20. The van der Waals surface area contributed by atoms with Gasteiger partial charge in [0.25, 0.3) is 5.56 Å². The van der Waals surface area contributed by atoms with Crippen LogP contribution >= 0.6 is 38.5 Å². The molecule has 1 aliphatic rings. The lowest BCUT2D eigenvalue weighted by Gasteiger charge is -2.15. The average molecular weight is 485 g/mol. The van der Waals surface area contributed by atoms with Crippen LogP contribution in [0.4, 0.5) is 0 Å². The van der Waals surface area contributed by atoms with E-state index in [2.05, 4.69) is 43.5 Å². The molecule has 1 N–H and O–H groups in total. The number of hydrogen-bond acceptors (Lipinski definition) is 5. The molecule has 2 rings (SSSR count). The van der Waals surface area contributed by atoms with Crippen LogP contribution in [0.15, 0.2) is 20.8 Å². The van der Waals surface area contributed by atoms with Crippen molar-refractivity contribution in [3.63, 3.8) is 0 Å². The Hall–Kier alpha value is -0.940. The van der Waals surface area contributed by atoms with E-state index >= 15 is 0 Å². The predicted molar refractivity (Wildman–Crippen MR) is 92.3 cm³/mol. The van der Waals surface area contributed by atoms with Crippen LogP contribution < -0.4 is 11.2 Å². The second kappa shape index (κ2) is 7.55. The maximum atomic E-state index is 12.0. The summed E-state index contributed by atoms with van der Waals surface area (Å²) in [6.07, 6.45) is 2.04. The lowest BCUT2D eigenvalue weighted by Crippen LogP contribution is -2.33. The van der Waals surface area contributed by atoms with Crippen LogP contribution in [-0.4, -0.2) is 32.2 Å². The molecular formula is C13H14BrIN2O5. The van der Waals surface area contributed by atoms with Gasteiger partial charge in [-0.25, -0.2) is 4.79 Å². The fraction of sp³-hybridized carbons (Fsp3) is 0.462. The lowest BCUT2D eigenvalue weighted by atomic mass is 10.2. The van der Waals surface area contributed by atoms with Crippen molar-refractivity contribution in [2.45, 2.75) is 31.8 Å². The second-order valence-electron chi connectivity index (χ2n) is 4.71. The van der Waals surface area contributed by atoms with Crippen LogP contribution in [0, 0.1) is 0 Å². The number of H-pyrrole nitrogens is 1. The number of ether oxygens (including phenoxy) is 2. The largest absolute Gasteiger partial charge is 0.460 e. The minimum absolute atomic E-state index is 0.288. The molecule has 0 saturated carbocycles. The fourth-order valence-electron chi connectivity index (χ4n) is 2.25. The van der Waals surface area contributed by atoms with Crippen LogP contribution in [0.5, 0.6) is 0 Å². The number of halogens is 2. The predicted octanol–water partition coefficient (Wildman–Crippen LogP) is 1.56. The third-order valence-corrected chi connectivity index (χ3v) is 4.33. The highest BCUT2D eigenvalue weighted by atomic mass is 127. The molecule has 1 aliphatic heterocycles. The average Bonchev–Trinajstić information content (AvgIpc) is 2.83. The van der Waals surface area contributed by atoms with Gasteiger partial charge in [0.15, 0.2) is 0 Å². The summed E-state index contributed by atoms with van der Waals surface area (Å²) in [6.45, 7) is 1.34. The Bertz CT molecular complexity index is 698. The van der Waals surface area contributed by atoms with Gasteiger partial charge in [0.1, 0.15) is 18.4 Å². The quantitative estimate of drug-likeness (QED) is 0.398. The highest BCUT2D eigenvalue weighted by molar-refractivity contribution is 14.1. The summed E-state index contributed by atoms with van der Waals surface area (Å²) in [5, 5.41) is 0. The Kier molecular flexibility index (Phi) is 5.98. The molecule has 2 heterocycles. The van der Waals surface area contributed by atoms with Gasteiger partial charge in [-0.15, -0.1) is 0 Å². The van der Waals surface area contributed by atoms with Crippen LogP contribution in [0.3, 0.4) is 0 Å². The van der Waals surface area contributed by atoms with Crippen LogP contribution in [0.1, 0.15) is 25.1 Å². The SMILES string of the molecule is CC(=O)O[C@H]1C[C@H](n2cc(/C=C/Br)c(=O)[nH]c2=O)O[C@@H]1CI. The molecule has 7 nitrogen and oxygen atoms in total. The van der Waals surface area contributed by atoms with E-state index in [4.69, 9.17) is 9.47 Å². The Labute approximate surface area is 148 Å². The van der Waals surface area contributed by atoms with E-state index < -0.39 is 23.6 Å². The van der Waals surface area contributed by atoms with Crippen LogP contribution in [0.25, 0.3) is 6.08 Å². The molecule has 0 radical (unpaired) electrons. The summed E-state index contributed by atoms with van der Waals surface area (Å²) >= 11 is 5.23. The molecule has 1 fully saturated rings. The molecule has 9 heteroatoms. The number of aromatic amines is 1.